The summed E-state index contributed by atoms with van der Waals surface area (Å²) in [6.45, 7) is 6.72. The maximum absolute atomic E-state index is 5.89. The topological polar surface area (TPSA) is 77.1 Å². The van der Waals surface area contributed by atoms with Crippen molar-refractivity contribution in [2.75, 3.05) is 17.8 Å². The molecule has 1 unspecified atom stereocenters. The first-order valence-electron chi connectivity index (χ1n) is 5.17. The van der Waals surface area contributed by atoms with E-state index < -0.39 is 0 Å². The zero-order valence-electron chi connectivity index (χ0n) is 9.24. The third kappa shape index (κ3) is 1.50. The lowest BCUT2D eigenvalue weighted by atomic mass is 10.2. The van der Waals surface area contributed by atoms with Gasteiger partial charge in [0.25, 0.3) is 5.88 Å². The summed E-state index contributed by atoms with van der Waals surface area (Å²) in [4.78, 5) is 0. The highest BCUT2D eigenvalue weighted by atomic mass is 16.5. The van der Waals surface area contributed by atoms with Crippen LogP contribution in [0, 0.1) is 5.92 Å². The van der Waals surface area contributed by atoms with Crippen LogP contribution in [0.2, 0.25) is 0 Å². The van der Waals surface area contributed by atoms with Gasteiger partial charge in [-0.15, -0.1) is 5.10 Å². The minimum atomic E-state index is 0.122. The highest BCUT2D eigenvalue weighted by molar-refractivity contribution is 5.69. The summed E-state index contributed by atoms with van der Waals surface area (Å²) in [6.07, 6.45) is 0.122. The molecule has 0 saturated heterocycles. The zero-order chi connectivity index (χ0) is 11.0. The van der Waals surface area contributed by atoms with E-state index in [0.717, 1.165) is 5.82 Å². The predicted molar refractivity (Wildman–Crippen MR) is 58.4 cm³/mol. The Labute approximate surface area is 88.7 Å². The van der Waals surface area contributed by atoms with Gasteiger partial charge in [0.1, 0.15) is 11.9 Å². The number of nitrogens with two attached hydrogens (primary N) is 1. The second-order valence-electron chi connectivity index (χ2n) is 3.90. The Balaban J connectivity index is 2.33. The molecular weight excluding hydrogens is 194 g/mol. The van der Waals surface area contributed by atoms with Crippen LogP contribution in [0.25, 0.3) is 0 Å². The number of hydrazine groups is 1. The maximum atomic E-state index is 5.89. The van der Waals surface area contributed by atoms with Gasteiger partial charge in [-0.25, -0.2) is 10.1 Å². The first-order valence-corrected chi connectivity index (χ1v) is 5.17. The van der Waals surface area contributed by atoms with Gasteiger partial charge >= 0.3 is 0 Å². The Kier molecular flexibility index (Phi) is 2.44. The Morgan fingerprint density at radius 3 is 2.93 bits per heavy atom. The van der Waals surface area contributed by atoms with Crippen LogP contribution in [-0.4, -0.2) is 16.4 Å². The summed E-state index contributed by atoms with van der Waals surface area (Å²) >= 11 is 0. The monoisotopic (exact) mass is 211 g/mol. The summed E-state index contributed by atoms with van der Waals surface area (Å²) in [7, 11) is 0. The van der Waals surface area contributed by atoms with Crippen LogP contribution < -0.4 is 21.3 Å². The molecule has 4 N–H and O–H groups in total. The van der Waals surface area contributed by atoms with Crippen molar-refractivity contribution in [3.63, 3.8) is 0 Å². The molecule has 0 bridgehead atoms. The Bertz CT molecular complexity index is 360. The summed E-state index contributed by atoms with van der Waals surface area (Å²) < 4.78 is 7.18. The molecule has 1 atom stereocenters. The third-order valence-electron chi connectivity index (χ3n) is 2.43. The molecule has 1 aliphatic heterocycles. The number of hydrogen-bond acceptors (Lipinski definition) is 5. The minimum Gasteiger partial charge on any atom is -0.475 e. The van der Waals surface area contributed by atoms with Crippen molar-refractivity contribution in [2.24, 2.45) is 5.92 Å². The third-order valence-corrected chi connectivity index (χ3v) is 2.43. The maximum Gasteiger partial charge on any atom is 0.258 e. The molecule has 0 radical (unpaired) electrons. The van der Waals surface area contributed by atoms with Crippen LogP contribution >= 0.6 is 0 Å². The lowest BCUT2D eigenvalue weighted by Crippen LogP contribution is -2.26. The fourth-order valence-corrected chi connectivity index (χ4v) is 1.65. The fraction of sp³-hybridized carbons (Fsp3) is 0.667. The molecule has 1 aliphatic rings. The summed E-state index contributed by atoms with van der Waals surface area (Å²) in [6, 6.07) is 0. The van der Waals surface area contributed by atoms with Gasteiger partial charge in [0, 0.05) is 0 Å². The van der Waals surface area contributed by atoms with E-state index >= 15 is 0 Å². The second-order valence-corrected chi connectivity index (χ2v) is 3.90. The molecule has 0 amide bonds. The van der Waals surface area contributed by atoms with E-state index in [0.29, 0.717) is 24.1 Å². The second kappa shape index (κ2) is 3.62. The molecular formula is C9H17N5O. The molecule has 84 valence electrons. The number of hydrogen-bond donors (Lipinski definition) is 3. The molecule has 6 heteroatoms. The van der Waals surface area contributed by atoms with Crippen molar-refractivity contribution in [1.29, 1.82) is 0 Å². The van der Waals surface area contributed by atoms with E-state index in [1.165, 1.54) is 0 Å². The average Bonchev–Trinajstić information content (AvgIpc) is 2.69. The molecule has 0 aliphatic carbocycles. The Morgan fingerprint density at radius 2 is 2.33 bits per heavy atom. The largest absolute Gasteiger partial charge is 0.475 e. The first kappa shape index (κ1) is 10.1. The fourth-order valence-electron chi connectivity index (χ4n) is 1.65. The number of nitrogen functional groups attached to an aromatic ring is 1. The minimum absolute atomic E-state index is 0.122. The van der Waals surface area contributed by atoms with Crippen molar-refractivity contribution >= 4 is 11.5 Å². The van der Waals surface area contributed by atoms with E-state index in [9.17, 15) is 0 Å². The van der Waals surface area contributed by atoms with Crippen molar-refractivity contribution in [2.45, 2.75) is 26.9 Å². The summed E-state index contributed by atoms with van der Waals surface area (Å²) in [5, 5.41) is 4.33. The average molecular weight is 211 g/mol. The van der Waals surface area contributed by atoms with E-state index in [-0.39, 0.29) is 6.17 Å². The van der Waals surface area contributed by atoms with Gasteiger partial charge in [0.15, 0.2) is 5.82 Å². The summed E-state index contributed by atoms with van der Waals surface area (Å²) in [5.41, 5.74) is 12.6. The van der Waals surface area contributed by atoms with Crippen LogP contribution in [0.15, 0.2) is 0 Å². The molecule has 0 fully saturated rings. The molecule has 1 aromatic heterocycles. The van der Waals surface area contributed by atoms with E-state index in [1.54, 1.807) is 0 Å². The number of anilines is 2. The van der Waals surface area contributed by atoms with E-state index in [1.807, 2.05) is 11.6 Å². The lowest BCUT2D eigenvalue weighted by molar-refractivity contribution is 0.296. The van der Waals surface area contributed by atoms with Crippen LogP contribution in [0.4, 0.5) is 11.5 Å². The van der Waals surface area contributed by atoms with Gasteiger partial charge in [0.05, 0.1) is 6.61 Å². The van der Waals surface area contributed by atoms with Crippen LogP contribution in [0.5, 0.6) is 5.88 Å². The van der Waals surface area contributed by atoms with E-state index in [4.69, 9.17) is 10.5 Å². The van der Waals surface area contributed by atoms with Crippen molar-refractivity contribution < 1.29 is 4.74 Å². The van der Waals surface area contributed by atoms with Crippen LogP contribution in [0.3, 0.4) is 0 Å². The molecule has 2 heterocycles. The van der Waals surface area contributed by atoms with Gasteiger partial charge < -0.3 is 15.9 Å². The number of fused-ring (bicyclic) bond motifs is 1. The number of rotatable bonds is 3. The molecule has 0 spiro atoms. The molecule has 0 saturated carbocycles. The lowest BCUT2D eigenvalue weighted by Gasteiger charge is -2.14. The van der Waals surface area contributed by atoms with Crippen molar-refractivity contribution in [3.05, 3.63) is 0 Å². The molecule has 15 heavy (non-hydrogen) atoms. The Hall–Kier alpha value is -1.43. The zero-order valence-corrected chi connectivity index (χ0v) is 9.24. The van der Waals surface area contributed by atoms with Crippen molar-refractivity contribution in [1.82, 2.24) is 15.2 Å². The number of nitrogens with one attached hydrogen (secondary N) is 2. The van der Waals surface area contributed by atoms with Gasteiger partial charge in [-0.3, -0.25) is 0 Å². The first-order chi connectivity index (χ1) is 7.15. The predicted octanol–water partition coefficient (Wildman–Crippen LogP) is 0.949. The SMILES string of the molecule is CCOc1nn2c(c1N)NNC2C(C)C. The number of ether oxygens (including phenoxy) is 1. The smallest absolute Gasteiger partial charge is 0.258 e. The quantitative estimate of drug-likeness (QED) is 0.694. The highest BCUT2D eigenvalue weighted by Gasteiger charge is 2.29. The highest BCUT2D eigenvalue weighted by Crippen LogP contribution is 2.35. The van der Waals surface area contributed by atoms with Crippen LogP contribution in [0.1, 0.15) is 26.9 Å². The van der Waals surface area contributed by atoms with Crippen molar-refractivity contribution in [3.8, 4) is 5.88 Å². The molecule has 6 nitrogen and oxygen atoms in total. The van der Waals surface area contributed by atoms with E-state index in [2.05, 4.69) is 29.8 Å². The van der Waals surface area contributed by atoms with Gasteiger partial charge in [0.2, 0.25) is 0 Å². The van der Waals surface area contributed by atoms with Gasteiger partial charge in [-0.05, 0) is 12.8 Å². The molecule has 0 aromatic carbocycles. The standard InChI is InChI=1S/C9H17N5O/c1-4-15-9-6(10)8-12-11-7(5(2)3)14(8)13-9/h5,7,11-12H,4,10H2,1-3H3. The normalized spacial score (nSPS) is 19.1. The number of nitrogens with zero attached hydrogens (tertiary/aromatic N) is 2. The Morgan fingerprint density at radius 1 is 1.60 bits per heavy atom. The van der Waals surface area contributed by atoms with Gasteiger partial charge in [-0.1, -0.05) is 13.8 Å². The number of aromatic nitrogens is 2. The summed E-state index contributed by atoms with van der Waals surface area (Å²) in [5.74, 6) is 1.72. The molecule has 2 rings (SSSR count). The molecule has 1 aromatic rings. The van der Waals surface area contributed by atoms with Gasteiger partial charge in [-0.2, -0.15) is 0 Å². The van der Waals surface area contributed by atoms with Crippen LogP contribution in [-0.2, 0) is 0 Å².